The van der Waals surface area contributed by atoms with Crippen molar-refractivity contribution in [1.82, 2.24) is 14.9 Å². The molecule has 6 heteroatoms. The first kappa shape index (κ1) is 13.6. The number of aryl methyl sites for hydroxylation is 2. The number of nitrogens with zero attached hydrogens (tertiary/aromatic N) is 4. The number of carbonyl (C=O) groups excluding carboxylic acids is 1. The zero-order valence-electron chi connectivity index (χ0n) is 12.2. The topological polar surface area (TPSA) is 62.5 Å². The van der Waals surface area contributed by atoms with Crippen LogP contribution in [0, 0.1) is 13.8 Å². The van der Waals surface area contributed by atoms with Crippen LogP contribution in [0.15, 0.2) is 28.9 Å². The number of hydrogen-bond donors (Lipinski definition) is 0. The highest BCUT2D eigenvalue weighted by atomic mass is 16.3. The summed E-state index contributed by atoms with van der Waals surface area (Å²) in [4.78, 5) is 25.1. The van der Waals surface area contributed by atoms with Crippen LogP contribution in [-0.4, -0.2) is 47.0 Å². The minimum atomic E-state index is -0.0546. The number of carbonyl (C=O) groups is 1. The molecular weight excluding hydrogens is 268 g/mol. The molecule has 2 aromatic heterocycles. The SMILES string of the molecule is Cc1cc(C)nc(N2CCN(C(=O)c3ccco3)CC2)n1. The molecule has 0 unspecified atom stereocenters. The lowest BCUT2D eigenvalue weighted by Gasteiger charge is -2.34. The van der Waals surface area contributed by atoms with Crippen LogP contribution in [0.1, 0.15) is 21.9 Å². The van der Waals surface area contributed by atoms with E-state index in [9.17, 15) is 4.79 Å². The second kappa shape index (κ2) is 5.55. The Labute approximate surface area is 123 Å². The van der Waals surface area contributed by atoms with Crippen molar-refractivity contribution in [2.45, 2.75) is 13.8 Å². The van der Waals surface area contributed by atoms with Gasteiger partial charge in [0.15, 0.2) is 5.76 Å². The molecule has 0 aromatic carbocycles. The van der Waals surface area contributed by atoms with Crippen molar-refractivity contribution in [3.05, 3.63) is 41.6 Å². The maximum Gasteiger partial charge on any atom is 0.289 e. The largest absolute Gasteiger partial charge is 0.459 e. The highest BCUT2D eigenvalue weighted by molar-refractivity contribution is 5.91. The van der Waals surface area contributed by atoms with Crippen molar-refractivity contribution < 1.29 is 9.21 Å². The normalized spacial score (nSPS) is 15.3. The van der Waals surface area contributed by atoms with E-state index in [2.05, 4.69) is 14.9 Å². The van der Waals surface area contributed by atoms with E-state index in [0.29, 0.717) is 18.8 Å². The van der Waals surface area contributed by atoms with E-state index in [0.717, 1.165) is 30.4 Å². The molecule has 110 valence electrons. The van der Waals surface area contributed by atoms with Crippen LogP contribution in [0.25, 0.3) is 0 Å². The minimum absolute atomic E-state index is 0.0546. The fraction of sp³-hybridized carbons (Fsp3) is 0.400. The first-order valence-corrected chi connectivity index (χ1v) is 7.03. The van der Waals surface area contributed by atoms with Gasteiger partial charge in [0.25, 0.3) is 5.91 Å². The molecule has 0 radical (unpaired) electrons. The van der Waals surface area contributed by atoms with Gasteiger partial charge in [-0.1, -0.05) is 0 Å². The van der Waals surface area contributed by atoms with E-state index in [4.69, 9.17) is 4.42 Å². The van der Waals surface area contributed by atoms with E-state index < -0.39 is 0 Å². The number of hydrogen-bond acceptors (Lipinski definition) is 5. The molecule has 0 bridgehead atoms. The van der Waals surface area contributed by atoms with E-state index in [-0.39, 0.29) is 5.91 Å². The average molecular weight is 286 g/mol. The number of aromatic nitrogens is 2. The van der Waals surface area contributed by atoms with Gasteiger partial charge in [-0.2, -0.15) is 0 Å². The summed E-state index contributed by atoms with van der Waals surface area (Å²) < 4.78 is 5.16. The Balaban J connectivity index is 1.66. The van der Waals surface area contributed by atoms with Crippen molar-refractivity contribution >= 4 is 11.9 Å². The fourth-order valence-electron chi connectivity index (χ4n) is 2.51. The van der Waals surface area contributed by atoms with E-state index in [1.165, 1.54) is 6.26 Å². The molecule has 1 saturated heterocycles. The third-order valence-electron chi connectivity index (χ3n) is 3.55. The Morgan fingerprint density at radius 1 is 1.14 bits per heavy atom. The lowest BCUT2D eigenvalue weighted by atomic mass is 10.3. The Hall–Kier alpha value is -2.37. The summed E-state index contributed by atoms with van der Waals surface area (Å²) in [7, 11) is 0. The Morgan fingerprint density at radius 3 is 2.38 bits per heavy atom. The van der Waals surface area contributed by atoms with E-state index in [1.54, 1.807) is 17.0 Å². The van der Waals surface area contributed by atoms with Crippen molar-refractivity contribution in [3.63, 3.8) is 0 Å². The first-order chi connectivity index (χ1) is 10.1. The second-order valence-corrected chi connectivity index (χ2v) is 5.21. The summed E-state index contributed by atoms with van der Waals surface area (Å²) in [5, 5.41) is 0. The van der Waals surface area contributed by atoms with E-state index >= 15 is 0 Å². The molecule has 1 aliphatic rings. The van der Waals surface area contributed by atoms with Crippen molar-refractivity contribution in [3.8, 4) is 0 Å². The van der Waals surface area contributed by atoms with Crippen molar-refractivity contribution in [2.24, 2.45) is 0 Å². The predicted molar refractivity (Wildman–Crippen MR) is 78.3 cm³/mol. The number of amides is 1. The Morgan fingerprint density at radius 2 is 1.81 bits per heavy atom. The monoisotopic (exact) mass is 286 g/mol. The maximum absolute atomic E-state index is 12.2. The molecule has 1 amide bonds. The van der Waals surface area contributed by atoms with Gasteiger partial charge in [-0.15, -0.1) is 0 Å². The van der Waals surface area contributed by atoms with Crippen LogP contribution >= 0.6 is 0 Å². The molecule has 1 fully saturated rings. The van der Waals surface area contributed by atoms with Gasteiger partial charge in [0.1, 0.15) is 0 Å². The minimum Gasteiger partial charge on any atom is -0.459 e. The molecule has 0 saturated carbocycles. The highest BCUT2D eigenvalue weighted by Crippen LogP contribution is 2.14. The van der Waals surface area contributed by atoms with Crippen molar-refractivity contribution in [1.29, 1.82) is 0 Å². The molecular formula is C15H18N4O2. The quantitative estimate of drug-likeness (QED) is 0.840. The van der Waals surface area contributed by atoms with Gasteiger partial charge >= 0.3 is 0 Å². The van der Waals surface area contributed by atoms with Gasteiger partial charge < -0.3 is 14.2 Å². The maximum atomic E-state index is 12.2. The molecule has 0 N–H and O–H groups in total. The predicted octanol–water partition coefficient (Wildman–Crippen LogP) is 1.65. The molecule has 3 heterocycles. The Kier molecular flexibility index (Phi) is 3.60. The summed E-state index contributed by atoms with van der Waals surface area (Å²) in [5.74, 6) is 1.09. The lowest BCUT2D eigenvalue weighted by Crippen LogP contribution is -2.49. The molecule has 1 aliphatic heterocycles. The van der Waals surface area contributed by atoms with E-state index in [1.807, 2.05) is 19.9 Å². The number of furan rings is 1. The van der Waals surface area contributed by atoms with Crippen LogP contribution in [0.2, 0.25) is 0 Å². The van der Waals surface area contributed by atoms with Crippen LogP contribution in [0.4, 0.5) is 5.95 Å². The highest BCUT2D eigenvalue weighted by Gasteiger charge is 2.24. The van der Waals surface area contributed by atoms with Gasteiger partial charge in [0.05, 0.1) is 6.26 Å². The zero-order valence-corrected chi connectivity index (χ0v) is 12.2. The van der Waals surface area contributed by atoms with Gasteiger partial charge in [-0.3, -0.25) is 4.79 Å². The first-order valence-electron chi connectivity index (χ1n) is 7.03. The van der Waals surface area contributed by atoms with Crippen molar-refractivity contribution in [2.75, 3.05) is 31.1 Å². The van der Waals surface area contributed by atoms with Crippen LogP contribution < -0.4 is 4.90 Å². The van der Waals surface area contributed by atoms with Crippen LogP contribution in [0.3, 0.4) is 0 Å². The average Bonchev–Trinajstić information content (AvgIpc) is 3.00. The molecule has 0 aliphatic carbocycles. The lowest BCUT2D eigenvalue weighted by molar-refractivity contribution is 0.0714. The molecule has 3 rings (SSSR count). The summed E-state index contributed by atoms with van der Waals surface area (Å²) in [6.07, 6.45) is 1.52. The summed E-state index contributed by atoms with van der Waals surface area (Å²) >= 11 is 0. The van der Waals surface area contributed by atoms with Gasteiger partial charge in [-0.25, -0.2) is 9.97 Å². The number of piperazine rings is 1. The van der Waals surface area contributed by atoms with Crippen LogP contribution in [-0.2, 0) is 0 Å². The number of rotatable bonds is 2. The summed E-state index contributed by atoms with van der Waals surface area (Å²) in [5.41, 5.74) is 1.93. The summed E-state index contributed by atoms with van der Waals surface area (Å²) in [6, 6.07) is 5.38. The fourth-order valence-corrected chi connectivity index (χ4v) is 2.51. The second-order valence-electron chi connectivity index (χ2n) is 5.21. The Bertz CT molecular complexity index is 611. The van der Waals surface area contributed by atoms with Gasteiger partial charge in [-0.05, 0) is 32.0 Å². The number of anilines is 1. The molecule has 0 spiro atoms. The zero-order chi connectivity index (χ0) is 14.8. The molecule has 21 heavy (non-hydrogen) atoms. The third-order valence-corrected chi connectivity index (χ3v) is 3.55. The summed E-state index contributed by atoms with van der Waals surface area (Å²) in [6.45, 7) is 6.69. The molecule has 2 aromatic rings. The smallest absolute Gasteiger partial charge is 0.289 e. The standard InChI is InChI=1S/C15H18N4O2/c1-11-10-12(2)17-15(16-11)19-7-5-18(6-8-19)14(20)13-4-3-9-21-13/h3-4,9-10H,5-8H2,1-2H3. The van der Waals surface area contributed by atoms with Crippen LogP contribution in [0.5, 0.6) is 0 Å². The molecule has 6 nitrogen and oxygen atoms in total. The van der Waals surface area contributed by atoms with Gasteiger partial charge in [0, 0.05) is 37.6 Å². The third kappa shape index (κ3) is 2.89. The molecule has 0 atom stereocenters. The van der Waals surface area contributed by atoms with Gasteiger partial charge in [0.2, 0.25) is 5.95 Å².